The summed E-state index contributed by atoms with van der Waals surface area (Å²) in [5.74, 6) is 0.684. The van der Waals surface area contributed by atoms with Gasteiger partial charge in [0.1, 0.15) is 6.07 Å². The number of nitriles is 1. The Morgan fingerprint density at radius 2 is 2.03 bits per heavy atom. The van der Waals surface area contributed by atoms with E-state index in [1.807, 2.05) is 55.6 Å². The van der Waals surface area contributed by atoms with Crippen LogP contribution in [-0.2, 0) is 13.0 Å². The number of rotatable bonds is 7. The van der Waals surface area contributed by atoms with Gasteiger partial charge in [-0.05, 0) is 55.4 Å². The molecule has 0 aliphatic carbocycles. The van der Waals surface area contributed by atoms with Crippen LogP contribution in [0.15, 0.2) is 48.7 Å². The van der Waals surface area contributed by atoms with E-state index in [2.05, 4.69) is 15.3 Å². The summed E-state index contributed by atoms with van der Waals surface area (Å²) in [7, 11) is 1.90. The molecule has 1 N–H and O–H groups in total. The number of nitrogens with zero attached hydrogens (tertiary/aromatic N) is 4. The number of hydrogen-bond acceptors (Lipinski definition) is 7. The van der Waals surface area contributed by atoms with Crippen LogP contribution in [0.1, 0.15) is 17.0 Å². The van der Waals surface area contributed by atoms with Gasteiger partial charge >= 0.3 is 0 Å². The Bertz CT molecular complexity index is 1100. The molecule has 0 bridgehead atoms. The predicted octanol–water partition coefficient (Wildman–Crippen LogP) is 3.32. The summed E-state index contributed by atoms with van der Waals surface area (Å²) in [6.07, 6.45) is 1.86. The first-order chi connectivity index (χ1) is 14.7. The molecule has 8 heteroatoms. The zero-order valence-corrected chi connectivity index (χ0v) is 16.4. The minimum Gasteiger partial charge on any atom is -0.454 e. The first kappa shape index (κ1) is 19.6. The highest BCUT2D eigenvalue weighted by molar-refractivity contribution is 5.62. The number of anilines is 2. The van der Waals surface area contributed by atoms with Crippen molar-refractivity contribution in [2.75, 3.05) is 25.3 Å². The van der Waals surface area contributed by atoms with E-state index in [0.717, 1.165) is 36.0 Å². The van der Waals surface area contributed by atoms with E-state index in [1.165, 1.54) is 0 Å². The molecule has 0 saturated carbocycles. The fourth-order valence-electron chi connectivity index (χ4n) is 3.26. The number of aromatic nitrogens is 2. The Hall–Kier alpha value is -3.70. The van der Waals surface area contributed by atoms with Crippen molar-refractivity contribution in [1.82, 2.24) is 15.3 Å². The van der Waals surface area contributed by atoms with Gasteiger partial charge in [-0.2, -0.15) is 10.2 Å². The van der Waals surface area contributed by atoms with E-state index in [0.29, 0.717) is 18.0 Å². The normalized spacial score (nSPS) is 11.9. The lowest BCUT2D eigenvalue weighted by Crippen LogP contribution is -2.20. The van der Waals surface area contributed by atoms with Crippen LogP contribution in [0, 0.1) is 17.1 Å². The lowest BCUT2D eigenvalue weighted by Gasteiger charge is -2.25. The maximum Gasteiger partial charge on any atom is 0.234 e. The molecule has 0 atom stereocenters. The number of ether oxygens (including phenoxy) is 2. The number of fused-ring (bicyclic) bond motifs is 1. The van der Waals surface area contributed by atoms with Gasteiger partial charge < -0.3 is 19.7 Å². The van der Waals surface area contributed by atoms with Crippen LogP contribution < -0.4 is 19.7 Å². The zero-order chi connectivity index (χ0) is 20.9. The first-order valence-corrected chi connectivity index (χ1v) is 9.50. The molecule has 0 saturated heterocycles. The predicted molar refractivity (Wildman–Crippen MR) is 109 cm³/mol. The first-order valence-electron chi connectivity index (χ1n) is 9.50. The lowest BCUT2D eigenvalue weighted by molar-refractivity contribution is 0.174. The second kappa shape index (κ2) is 8.76. The van der Waals surface area contributed by atoms with Gasteiger partial charge in [-0.3, -0.25) is 0 Å². The van der Waals surface area contributed by atoms with E-state index in [1.54, 1.807) is 4.90 Å². The van der Waals surface area contributed by atoms with Crippen LogP contribution in [0.5, 0.6) is 11.5 Å². The van der Waals surface area contributed by atoms with E-state index < -0.39 is 5.82 Å². The lowest BCUT2D eigenvalue weighted by atomic mass is 10.1. The van der Waals surface area contributed by atoms with Gasteiger partial charge in [-0.1, -0.05) is 18.2 Å². The molecule has 0 spiro atoms. The monoisotopic (exact) mass is 405 g/mol. The quantitative estimate of drug-likeness (QED) is 0.646. The number of hydrogen-bond donors (Lipinski definition) is 1. The molecule has 1 aliphatic rings. The van der Waals surface area contributed by atoms with Crippen LogP contribution in [-0.4, -0.2) is 30.4 Å². The molecule has 0 amide bonds. The maximum atomic E-state index is 14.7. The summed E-state index contributed by atoms with van der Waals surface area (Å²) in [5, 5.41) is 12.3. The van der Waals surface area contributed by atoms with Crippen molar-refractivity contribution in [1.29, 1.82) is 5.26 Å². The molecule has 3 aromatic rings. The molecular formula is C22H20FN5O2. The van der Waals surface area contributed by atoms with Crippen LogP contribution >= 0.6 is 0 Å². The van der Waals surface area contributed by atoms with Crippen molar-refractivity contribution < 1.29 is 13.9 Å². The van der Waals surface area contributed by atoms with Crippen molar-refractivity contribution in [2.24, 2.45) is 0 Å². The molecule has 2 heterocycles. The minimum atomic E-state index is -0.602. The summed E-state index contributed by atoms with van der Waals surface area (Å²) < 4.78 is 25.6. The number of likely N-dealkylation sites (N-methyl/N-ethyl adjacent to an activating group) is 1. The van der Waals surface area contributed by atoms with Gasteiger partial charge in [0.15, 0.2) is 23.1 Å². The van der Waals surface area contributed by atoms with E-state index in [-0.39, 0.29) is 18.4 Å². The zero-order valence-electron chi connectivity index (χ0n) is 16.4. The SMILES string of the molecule is CNCCc1cccc(N(Cc2ccc3c(c2)OCO3)c2nc(C#N)ncc2F)c1. The smallest absolute Gasteiger partial charge is 0.234 e. The number of halogens is 1. The summed E-state index contributed by atoms with van der Waals surface area (Å²) in [5.41, 5.74) is 2.76. The van der Waals surface area contributed by atoms with Crippen molar-refractivity contribution in [3.05, 3.63) is 71.4 Å². The standard InChI is InChI=1S/C22H20FN5O2/c1-25-8-7-15-3-2-4-17(9-15)28(22-18(23)12-26-21(11-24)27-22)13-16-5-6-19-20(10-16)30-14-29-19/h2-6,9-10,12,25H,7-8,13-14H2,1H3. The molecule has 30 heavy (non-hydrogen) atoms. The largest absolute Gasteiger partial charge is 0.454 e. The minimum absolute atomic E-state index is 0.0463. The Morgan fingerprint density at radius 1 is 1.17 bits per heavy atom. The van der Waals surface area contributed by atoms with Crippen molar-refractivity contribution in [3.8, 4) is 17.6 Å². The van der Waals surface area contributed by atoms with Crippen LogP contribution in [0.2, 0.25) is 0 Å². The van der Waals surface area contributed by atoms with Gasteiger partial charge in [0, 0.05) is 12.2 Å². The van der Waals surface area contributed by atoms with Gasteiger partial charge in [0.05, 0.1) is 6.20 Å². The van der Waals surface area contributed by atoms with Gasteiger partial charge in [0.2, 0.25) is 12.6 Å². The third-order valence-corrected chi connectivity index (χ3v) is 4.74. The number of benzene rings is 2. The average Bonchev–Trinajstić information content (AvgIpc) is 3.25. The van der Waals surface area contributed by atoms with Crippen LogP contribution in [0.4, 0.5) is 15.9 Å². The Balaban J connectivity index is 1.74. The van der Waals surface area contributed by atoms with Gasteiger partial charge in [-0.15, -0.1) is 0 Å². The van der Waals surface area contributed by atoms with Crippen molar-refractivity contribution >= 4 is 11.5 Å². The summed E-state index contributed by atoms with van der Waals surface area (Å²) in [4.78, 5) is 9.60. The second-order valence-electron chi connectivity index (χ2n) is 6.77. The van der Waals surface area contributed by atoms with Gasteiger partial charge in [-0.25, -0.2) is 9.37 Å². The van der Waals surface area contributed by atoms with Crippen LogP contribution in [0.3, 0.4) is 0 Å². The molecule has 1 aromatic heterocycles. The molecule has 0 fully saturated rings. The Labute approximate surface area is 173 Å². The highest BCUT2D eigenvalue weighted by Gasteiger charge is 2.20. The molecule has 0 radical (unpaired) electrons. The molecule has 4 rings (SSSR count). The molecule has 7 nitrogen and oxygen atoms in total. The topological polar surface area (TPSA) is 83.3 Å². The highest BCUT2D eigenvalue weighted by Crippen LogP contribution is 2.35. The highest BCUT2D eigenvalue weighted by atomic mass is 19.1. The Kier molecular flexibility index (Phi) is 5.72. The third kappa shape index (κ3) is 4.16. The van der Waals surface area contributed by atoms with Crippen molar-refractivity contribution in [2.45, 2.75) is 13.0 Å². The Morgan fingerprint density at radius 3 is 2.87 bits per heavy atom. The molecular weight excluding hydrogens is 385 g/mol. The number of nitrogens with one attached hydrogen (secondary N) is 1. The summed E-state index contributed by atoms with van der Waals surface area (Å²) >= 11 is 0. The summed E-state index contributed by atoms with van der Waals surface area (Å²) in [6.45, 7) is 1.33. The van der Waals surface area contributed by atoms with E-state index in [4.69, 9.17) is 9.47 Å². The summed E-state index contributed by atoms with van der Waals surface area (Å²) in [6, 6.07) is 15.3. The molecule has 152 valence electrons. The van der Waals surface area contributed by atoms with Crippen LogP contribution in [0.25, 0.3) is 0 Å². The van der Waals surface area contributed by atoms with Gasteiger partial charge in [0.25, 0.3) is 0 Å². The fraction of sp³-hybridized carbons (Fsp3) is 0.227. The maximum absolute atomic E-state index is 14.7. The second-order valence-corrected chi connectivity index (χ2v) is 6.77. The fourth-order valence-corrected chi connectivity index (χ4v) is 3.26. The van der Waals surface area contributed by atoms with E-state index >= 15 is 0 Å². The van der Waals surface area contributed by atoms with E-state index in [9.17, 15) is 9.65 Å². The average molecular weight is 405 g/mol. The molecule has 1 aliphatic heterocycles. The molecule has 2 aromatic carbocycles. The molecule has 0 unspecified atom stereocenters. The third-order valence-electron chi connectivity index (χ3n) is 4.74. The van der Waals surface area contributed by atoms with Crippen molar-refractivity contribution in [3.63, 3.8) is 0 Å².